The monoisotopic (exact) mass is 578 g/mol. The van der Waals surface area contributed by atoms with Gasteiger partial charge in [-0.25, -0.2) is 4.98 Å². The van der Waals surface area contributed by atoms with Gasteiger partial charge in [0.05, 0.1) is 11.6 Å². The maximum Gasteiger partial charge on any atom is 0.434 e. The number of nitrogens with two attached hydrogens (primary N) is 1. The number of carbonyl (C=O) groups is 1. The van der Waals surface area contributed by atoms with Gasteiger partial charge in [0, 0.05) is 29.8 Å². The molecule has 2 aromatic rings. The van der Waals surface area contributed by atoms with E-state index in [9.17, 15) is 23.1 Å². The fourth-order valence-corrected chi connectivity index (χ4v) is 5.31. The first-order valence-electron chi connectivity index (χ1n) is 11.7. The van der Waals surface area contributed by atoms with E-state index in [0.29, 0.717) is 36.6 Å². The number of benzene rings is 1. The van der Waals surface area contributed by atoms with Gasteiger partial charge in [0.15, 0.2) is 5.69 Å². The van der Waals surface area contributed by atoms with E-state index in [-0.39, 0.29) is 18.4 Å². The largest absolute Gasteiger partial charge is 0.434 e. The van der Waals surface area contributed by atoms with Crippen LogP contribution >= 0.6 is 35.6 Å². The summed E-state index contributed by atoms with van der Waals surface area (Å²) in [7, 11) is 0. The molecule has 1 aliphatic carbocycles. The molecule has 37 heavy (non-hydrogen) atoms. The number of pyridine rings is 1. The Balaban J connectivity index is 0.00000380. The first-order chi connectivity index (χ1) is 17.1. The van der Waals surface area contributed by atoms with Crippen molar-refractivity contribution in [1.29, 1.82) is 0 Å². The van der Waals surface area contributed by atoms with Gasteiger partial charge >= 0.3 is 6.18 Å². The predicted octanol–water partition coefficient (Wildman–Crippen LogP) is 4.28. The number of nitrogens with one attached hydrogen (secondary N) is 1. The molecule has 2 heterocycles. The molecule has 0 saturated heterocycles. The highest BCUT2D eigenvalue weighted by atomic mass is 35.5. The molecule has 1 aliphatic heterocycles. The number of aliphatic hydroxyl groups is 1. The Hall–Kier alpha value is -1.88. The average Bonchev–Trinajstić information content (AvgIpc) is 3.20. The first-order valence-corrected chi connectivity index (χ1v) is 12.5. The Labute approximate surface area is 229 Å². The van der Waals surface area contributed by atoms with Crippen molar-refractivity contribution >= 4 is 47.1 Å². The molecule has 1 amide bonds. The zero-order chi connectivity index (χ0) is 26.0. The van der Waals surface area contributed by atoms with Crippen molar-refractivity contribution in [1.82, 2.24) is 15.2 Å². The summed E-state index contributed by atoms with van der Waals surface area (Å²) in [5, 5.41) is 12.3. The summed E-state index contributed by atoms with van der Waals surface area (Å²) < 4.78 is 39.5. The molecule has 0 fully saturated rings. The second kappa shape index (κ2) is 12.3. The Morgan fingerprint density at radius 1 is 1.27 bits per heavy atom. The van der Waals surface area contributed by atoms with E-state index in [4.69, 9.17) is 28.9 Å². The average molecular weight is 580 g/mol. The lowest BCUT2D eigenvalue weighted by Gasteiger charge is -2.37. The highest BCUT2D eigenvalue weighted by molar-refractivity contribution is 6.31. The quantitative estimate of drug-likeness (QED) is 0.434. The van der Waals surface area contributed by atoms with Crippen molar-refractivity contribution in [2.45, 2.75) is 43.9 Å². The van der Waals surface area contributed by atoms with Crippen LogP contribution in [-0.4, -0.2) is 59.2 Å². The third-order valence-corrected chi connectivity index (χ3v) is 7.25. The number of halogens is 6. The molecule has 4 N–H and O–H groups in total. The fourth-order valence-electron chi connectivity index (χ4n) is 4.93. The first kappa shape index (κ1) is 29.7. The SMILES string of the molecule is Cl.N[C@@H](CO)C(=O)NCC1C2=C(CCN1CCCc1ccc(Cl)c(C(F)(F)F)n1)c1cc(Cl)ccc1C2. The van der Waals surface area contributed by atoms with Crippen LogP contribution in [0.3, 0.4) is 0 Å². The number of aryl methyl sites for hydroxylation is 1. The molecule has 0 bridgehead atoms. The van der Waals surface area contributed by atoms with Crippen LogP contribution in [0.15, 0.2) is 35.9 Å². The zero-order valence-corrected chi connectivity index (χ0v) is 22.2. The third kappa shape index (κ3) is 6.77. The van der Waals surface area contributed by atoms with Gasteiger partial charge < -0.3 is 16.2 Å². The Morgan fingerprint density at radius 2 is 2.03 bits per heavy atom. The number of aliphatic hydroxyl groups excluding tert-OH is 1. The number of hydrogen-bond acceptors (Lipinski definition) is 5. The molecule has 12 heteroatoms. The molecular weight excluding hydrogens is 552 g/mol. The summed E-state index contributed by atoms with van der Waals surface area (Å²) in [5.74, 6) is -0.436. The van der Waals surface area contributed by atoms with Gasteiger partial charge in [0.25, 0.3) is 0 Å². The summed E-state index contributed by atoms with van der Waals surface area (Å²) in [6.45, 7) is 1.18. The molecule has 0 spiro atoms. The molecule has 1 aromatic heterocycles. The predicted molar refractivity (Wildman–Crippen MR) is 140 cm³/mol. The number of rotatable bonds is 8. The van der Waals surface area contributed by atoms with Crippen molar-refractivity contribution in [2.24, 2.45) is 5.73 Å². The van der Waals surface area contributed by atoms with Crippen LogP contribution in [0.4, 0.5) is 13.2 Å². The summed E-state index contributed by atoms with van der Waals surface area (Å²) in [6, 6.07) is 7.47. The van der Waals surface area contributed by atoms with Gasteiger partial charge in [-0.3, -0.25) is 9.69 Å². The van der Waals surface area contributed by atoms with Crippen LogP contribution < -0.4 is 11.1 Å². The van der Waals surface area contributed by atoms with Gasteiger partial charge in [0.2, 0.25) is 5.91 Å². The number of aromatic nitrogens is 1. The van der Waals surface area contributed by atoms with E-state index in [1.807, 2.05) is 18.2 Å². The standard InChI is InChI=1S/C25H27Cl2F3N4O2.ClH/c26-15-4-3-14-10-19-17(18(14)11-15)7-9-34(22(19)12-32-24(36)21(31)13-35)8-1-2-16-5-6-20(27)23(33-16)25(28,29)30;/h3-6,11,21-22,35H,1-2,7-10,12-13,31H2,(H,32,36);1H/t21-,22?;/m0./s1. The minimum Gasteiger partial charge on any atom is -0.394 e. The summed E-state index contributed by atoms with van der Waals surface area (Å²) >= 11 is 11.9. The number of carbonyl (C=O) groups excluding carboxylic acids is 1. The van der Waals surface area contributed by atoms with E-state index >= 15 is 0 Å². The lowest BCUT2D eigenvalue weighted by Crippen LogP contribution is -2.51. The zero-order valence-electron chi connectivity index (χ0n) is 19.8. The Bertz CT molecular complexity index is 1180. The number of nitrogens with zero attached hydrogens (tertiary/aromatic N) is 2. The highest BCUT2D eigenvalue weighted by Crippen LogP contribution is 2.42. The summed E-state index contributed by atoms with van der Waals surface area (Å²) in [5.41, 5.74) is 9.64. The second-order valence-electron chi connectivity index (χ2n) is 9.05. The fraction of sp³-hybridized carbons (Fsp3) is 0.440. The van der Waals surface area contributed by atoms with Gasteiger partial charge in [-0.1, -0.05) is 29.3 Å². The maximum absolute atomic E-state index is 13.2. The number of alkyl halides is 3. The lowest BCUT2D eigenvalue weighted by atomic mass is 9.92. The van der Waals surface area contributed by atoms with Crippen LogP contribution in [0.1, 0.15) is 35.4 Å². The van der Waals surface area contributed by atoms with Gasteiger partial charge in [0.1, 0.15) is 6.04 Å². The van der Waals surface area contributed by atoms with Crippen molar-refractivity contribution in [2.75, 3.05) is 26.2 Å². The van der Waals surface area contributed by atoms with Crippen LogP contribution in [0.5, 0.6) is 0 Å². The van der Waals surface area contributed by atoms with Gasteiger partial charge in [-0.2, -0.15) is 13.2 Å². The molecular formula is C25H28Cl3F3N4O2. The molecule has 1 aromatic carbocycles. The molecule has 2 atom stereocenters. The maximum atomic E-state index is 13.2. The van der Waals surface area contributed by atoms with E-state index in [2.05, 4.69) is 15.2 Å². The molecule has 0 saturated carbocycles. The molecule has 1 unspecified atom stereocenters. The van der Waals surface area contributed by atoms with Gasteiger partial charge in [-0.15, -0.1) is 12.4 Å². The molecule has 0 radical (unpaired) electrons. The van der Waals surface area contributed by atoms with E-state index in [1.54, 1.807) is 0 Å². The number of hydrogen-bond donors (Lipinski definition) is 3. The van der Waals surface area contributed by atoms with E-state index in [0.717, 1.165) is 24.9 Å². The Morgan fingerprint density at radius 3 is 2.73 bits per heavy atom. The van der Waals surface area contributed by atoms with Crippen molar-refractivity contribution in [3.05, 3.63) is 68.5 Å². The number of fused-ring (bicyclic) bond motifs is 2. The van der Waals surface area contributed by atoms with Crippen molar-refractivity contribution < 1.29 is 23.1 Å². The van der Waals surface area contributed by atoms with Crippen LogP contribution in [0.2, 0.25) is 10.0 Å². The Kier molecular flexibility index (Phi) is 9.88. The second-order valence-corrected chi connectivity index (χ2v) is 9.90. The van der Waals surface area contributed by atoms with Gasteiger partial charge in [-0.05, 0) is 78.8 Å². The minimum absolute atomic E-state index is 0. The van der Waals surface area contributed by atoms with E-state index in [1.165, 1.54) is 28.8 Å². The third-order valence-electron chi connectivity index (χ3n) is 6.71. The highest BCUT2D eigenvalue weighted by Gasteiger charge is 2.36. The minimum atomic E-state index is -4.61. The smallest absolute Gasteiger partial charge is 0.394 e. The van der Waals surface area contributed by atoms with Crippen LogP contribution in [0.25, 0.3) is 5.57 Å². The molecule has 202 valence electrons. The summed E-state index contributed by atoms with van der Waals surface area (Å²) in [6.07, 6.45) is -2.14. The van der Waals surface area contributed by atoms with E-state index < -0.39 is 35.4 Å². The summed E-state index contributed by atoms with van der Waals surface area (Å²) in [4.78, 5) is 18.2. The lowest BCUT2D eigenvalue weighted by molar-refractivity contribution is -0.141. The number of amides is 1. The normalized spacial score (nSPS) is 18.2. The molecule has 4 rings (SSSR count). The van der Waals surface area contributed by atoms with Crippen LogP contribution in [0, 0.1) is 0 Å². The van der Waals surface area contributed by atoms with Crippen LogP contribution in [-0.2, 0) is 23.8 Å². The topological polar surface area (TPSA) is 91.5 Å². The molecule has 2 aliphatic rings. The van der Waals surface area contributed by atoms with Crippen molar-refractivity contribution in [3.63, 3.8) is 0 Å². The van der Waals surface area contributed by atoms with Crippen molar-refractivity contribution in [3.8, 4) is 0 Å². The molecule has 6 nitrogen and oxygen atoms in total.